The maximum absolute atomic E-state index is 9.01. The van der Waals surface area contributed by atoms with Crippen LogP contribution in [0.2, 0.25) is 0 Å². The van der Waals surface area contributed by atoms with Crippen LogP contribution in [0.5, 0.6) is 0 Å². The summed E-state index contributed by atoms with van der Waals surface area (Å²) in [4.78, 5) is 2.47. The number of rotatable bonds is 3. The van der Waals surface area contributed by atoms with E-state index < -0.39 is 0 Å². The fourth-order valence-corrected chi connectivity index (χ4v) is 3.04. The second kappa shape index (κ2) is 6.20. The van der Waals surface area contributed by atoms with Gasteiger partial charge in [-0.25, -0.2) is 0 Å². The Morgan fingerprint density at radius 2 is 1.95 bits per heavy atom. The van der Waals surface area contributed by atoms with Gasteiger partial charge < -0.3 is 5.21 Å². The van der Waals surface area contributed by atoms with Crippen molar-refractivity contribution < 1.29 is 5.21 Å². The van der Waals surface area contributed by atoms with E-state index in [9.17, 15) is 0 Å². The number of piperidine rings is 1. The molecule has 0 aromatic heterocycles. The molecule has 0 spiro atoms. The number of hydrogen-bond acceptors (Lipinski definition) is 3. The fourth-order valence-electron chi connectivity index (χ4n) is 3.04. The molecule has 1 fully saturated rings. The summed E-state index contributed by atoms with van der Waals surface area (Å²) in [6.07, 6.45) is 1.93. The zero-order valence-corrected chi connectivity index (χ0v) is 12.2. The summed E-state index contributed by atoms with van der Waals surface area (Å²) in [5.74, 6) is 0.407. The molecule has 104 valence electrons. The van der Waals surface area contributed by atoms with E-state index in [4.69, 9.17) is 5.21 Å². The lowest BCUT2D eigenvalue weighted by Gasteiger charge is -2.32. The van der Waals surface area contributed by atoms with Gasteiger partial charge in [0.15, 0.2) is 0 Å². The smallest absolute Gasteiger partial charge is 0.0627 e. The summed E-state index contributed by atoms with van der Waals surface area (Å²) >= 11 is 0. The molecule has 1 aliphatic heterocycles. The van der Waals surface area contributed by atoms with Gasteiger partial charge >= 0.3 is 0 Å². The third-order valence-electron chi connectivity index (χ3n) is 3.94. The van der Waals surface area contributed by atoms with Gasteiger partial charge in [-0.05, 0) is 25.8 Å². The van der Waals surface area contributed by atoms with Crippen LogP contribution in [0.1, 0.15) is 36.5 Å². The highest BCUT2D eigenvalue weighted by Crippen LogP contribution is 2.20. The Labute approximate surface area is 115 Å². The van der Waals surface area contributed by atoms with Crippen LogP contribution in [0.15, 0.2) is 23.4 Å². The van der Waals surface area contributed by atoms with E-state index in [0.717, 1.165) is 38.2 Å². The predicted octanol–water partition coefficient (Wildman–Crippen LogP) is 3.37. The summed E-state index contributed by atoms with van der Waals surface area (Å²) in [5, 5.41) is 12.5. The van der Waals surface area contributed by atoms with E-state index in [1.54, 1.807) is 0 Å². The first kappa shape index (κ1) is 14.1. The van der Waals surface area contributed by atoms with E-state index >= 15 is 0 Å². The molecule has 0 amide bonds. The van der Waals surface area contributed by atoms with Crippen molar-refractivity contribution in [2.45, 2.75) is 40.2 Å². The third-order valence-corrected chi connectivity index (χ3v) is 3.94. The molecule has 1 aliphatic rings. The molecule has 1 atom stereocenters. The summed E-state index contributed by atoms with van der Waals surface area (Å²) in [6.45, 7) is 9.45. The Balaban J connectivity index is 2.04. The Kier molecular flexibility index (Phi) is 4.59. The molecule has 1 N–H and O–H groups in total. The van der Waals surface area contributed by atoms with Crippen LogP contribution in [0, 0.1) is 19.8 Å². The average Bonchev–Trinajstić information content (AvgIpc) is 2.37. The molecule has 19 heavy (non-hydrogen) atoms. The monoisotopic (exact) mass is 260 g/mol. The minimum absolute atomic E-state index is 0.407. The highest BCUT2D eigenvalue weighted by molar-refractivity contribution is 5.87. The van der Waals surface area contributed by atoms with E-state index in [1.807, 2.05) is 0 Å². The quantitative estimate of drug-likeness (QED) is 0.668. The number of likely N-dealkylation sites (tertiary alicyclic amines) is 1. The molecule has 1 saturated heterocycles. The number of benzene rings is 1. The molecule has 2 rings (SSSR count). The van der Waals surface area contributed by atoms with Gasteiger partial charge in [0.05, 0.1) is 5.71 Å². The molecule has 1 aromatic rings. The minimum atomic E-state index is 0.407. The Bertz CT molecular complexity index is 448. The first-order chi connectivity index (χ1) is 9.12. The SMILES string of the molecule is CCC1CN(Cc2cc(C)cc(C)c2)CC/C1=N\O. The highest BCUT2D eigenvalue weighted by atomic mass is 16.4. The maximum atomic E-state index is 9.01. The first-order valence-electron chi connectivity index (χ1n) is 7.12. The van der Waals surface area contributed by atoms with Crippen LogP contribution in [-0.4, -0.2) is 28.9 Å². The van der Waals surface area contributed by atoms with Crippen LogP contribution in [0.4, 0.5) is 0 Å². The molecule has 0 saturated carbocycles. The lowest BCUT2D eigenvalue weighted by molar-refractivity contribution is 0.220. The molecule has 0 aliphatic carbocycles. The van der Waals surface area contributed by atoms with Gasteiger partial charge in [0.2, 0.25) is 0 Å². The molecule has 0 radical (unpaired) electrons. The Hall–Kier alpha value is -1.35. The molecule has 1 aromatic carbocycles. The molecule has 1 heterocycles. The Morgan fingerprint density at radius 1 is 1.26 bits per heavy atom. The number of aryl methyl sites for hydroxylation is 2. The zero-order valence-electron chi connectivity index (χ0n) is 12.2. The second-order valence-electron chi connectivity index (χ2n) is 5.68. The van der Waals surface area contributed by atoms with Crippen LogP contribution < -0.4 is 0 Å². The Morgan fingerprint density at radius 3 is 2.53 bits per heavy atom. The molecule has 0 bridgehead atoms. The third kappa shape index (κ3) is 3.57. The van der Waals surface area contributed by atoms with Crippen molar-refractivity contribution in [2.75, 3.05) is 13.1 Å². The zero-order chi connectivity index (χ0) is 13.8. The highest BCUT2D eigenvalue weighted by Gasteiger charge is 2.24. The van der Waals surface area contributed by atoms with Gasteiger partial charge in [0, 0.05) is 32.0 Å². The summed E-state index contributed by atoms with van der Waals surface area (Å²) in [5.41, 5.74) is 5.02. The van der Waals surface area contributed by atoms with E-state index in [1.165, 1.54) is 16.7 Å². The van der Waals surface area contributed by atoms with Crippen molar-refractivity contribution in [2.24, 2.45) is 11.1 Å². The van der Waals surface area contributed by atoms with Gasteiger partial charge in [-0.15, -0.1) is 0 Å². The van der Waals surface area contributed by atoms with Crippen LogP contribution in [-0.2, 0) is 6.54 Å². The minimum Gasteiger partial charge on any atom is -0.411 e. The standard InChI is InChI=1S/C16H24N2O/c1-4-15-11-18(6-5-16(15)17-19)10-14-8-12(2)7-13(3)9-14/h7-9,15,19H,4-6,10-11H2,1-3H3/b17-16+. The van der Waals surface area contributed by atoms with Crippen LogP contribution in [0.25, 0.3) is 0 Å². The van der Waals surface area contributed by atoms with Gasteiger partial charge in [-0.3, -0.25) is 4.90 Å². The van der Waals surface area contributed by atoms with Crippen molar-refractivity contribution in [3.63, 3.8) is 0 Å². The summed E-state index contributed by atoms with van der Waals surface area (Å²) in [6, 6.07) is 6.75. The fraction of sp³-hybridized carbons (Fsp3) is 0.562. The topological polar surface area (TPSA) is 35.8 Å². The molecular formula is C16H24N2O. The van der Waals surface area contributed by atoms with Crippen molar-refractivity contribution in [3.05, 3.63) is 34.9 Å². The van der Waals surface area contributed by atoms with Crippen LogP contribution in [0.3, 0.4) is 0 Å². The average molecular weight is 260 g/mol. The van der Waals surface area contributed by atoms with E-state index in [2.05, 4.69) is 49.0 Å². The van der Waals surface area contributed by atoms with Gasteiger partial charge in [0.25, 0.3) is 0 Å². The van der Waals surface area contributed by atoms with E-state index in [0.29, 0.717) is 5.92 Å². The molecule has 3 nitrogen and oxygen atoms in total. The predicted molar refractivity (Wildman–Crippen MR) is 78.8 cm³/mol. The largest absolute Gasteiger partial charge is 0.411 e. The van der Waals surface area contributed by atoms with E-state index in [-0.39, 0.29) is 0 Å². The van der Waals surface area contributed by atoms with Gasteiger partial charge in [-0.1, -0.05) is 41.4 Å². The number of oxime groups is 1. The lowest BCUT2D eigenvalue weighted by Crippen LogP contribution is -2.40. The van der Waals surface area contributed by atoms with Crippen LogP contribution >= 0.6 is 0 Å². The first-order valence-corrected chi connectivity index (χ1v) is 7.12. The molecular weight excluding hydrogens is 236 g/mol. The maximum Gasteiger partial charge on any atom is 0.0627 e. The lowest BCUT2D eigenvalue weighted by atomic mass is 9.93. The van der Waals surface area contributed by atoms with Crippen molar-refractivity contribution in [1.82, 2.24) is 4.90 Å². The summed E-state index contributed by atoms with van der Waals surface area (Å²) in [7, 11) is 0. The second-order valence-corrected chi connectivity index (χ2v) is 5.68. The van der Waals surface area contributed by atoms with Gasteiger partial charge in [-0.2, -0.15) is 0 Å². The molecule has 3 heteroatoms. The van der Waals surface area contributed by atoms with Crippen molar-refractivity contribution in [1.29, 1.82) is 0 Å². The van der Waals surface area contributed by atoms with Gasteiger partial charge in [0.1, 0.15) is 0 Å². The molecule has 1 unspecified atom stereocenters. The number of hydrogen-bond donors (Lipinski definition) is 1. The normalized spacial score (nSPS) is 22.9. The summed E-state index contributed by atoms with van der Waals surface area (Å²) < 4.78 is 0. The van der Waals surface area contributed by atoms with Crippen molar-refractivity contribution >= 4 is 5.71 Å². The van der Waals surface area contributed by atoms with Crippen molar-refractivity contribution in [3.8, 4) is 0 Å². The number of nitrogens with zero attached hydrogens (tertiary/aromatic N) is 2.